The van der Waals surface area contributed by atoms with Gasteiger partial charge in [-0.15, -0.1) is 0 Å². The van der Waals surface area contributed by atoms with Gasteiger partial charge in [0.15, 0.2) is 11.6 Å². The maximum absolute atomic E-state index is 12.6. The Morgan fingerprint density at radius 2 is 1.97 bits per heavy atom. The molecule has 1 aliphatic heterocycles. The zero-order chi connectivity index (χ0) is 20.5. The minimum atomic E-state index is 0.00945. The topological polar surface area (TPSA) is 85.0 Å². The zero-order valence-corrected chi connectivity index (χ0v) is 16.7. The van der Waals surface area contributed by atoms with Gasteiger partial charge in [-0.2, -0.15) is 0 Å². The predicted molar refractivity (Wildman–Crippen MR) is 118 cm³/mol. The summed E-state index contributed by atoms with van der Waals surface area (Å²) in [7, 11) is 0. The second-order valence-electron chi connectivity index (χ2n) is 7.81. The highest BCUT2D eigenvalue weighted by Crippen LogP contribution is 2.32. The number of carbonyl (C=O) groups excluding carboxylic acids is 1. The first-order valence-electron chi connectivity index (χ1n) is 10.3. The van der Waals surface area contributed by atoms with Gasteiger partial charge in [-0.05, 0) is 49.1 Å². The number of hydrogen-bond donors (Lipinski definition) is 1. The van der Waals surface area contributed by atoms with E-state index in [-0.39, 0.29) is 5.78 Å². The Morgan fingerprint density at radius 3 is 2.77 bits per heavy atom. The molecule has 0 unspecified atom stereocenters. The molecule has 1 fully saturated rings. The third kappa shape index (κ3) is 3.56. The molecule has 3 heterocycles. The van der Waals surface area contributed by atoms with Gasteiger partial charge in [-0.25, -0.2) is 15.0 Å². The van der Waals surface area contributed by atoms with Crippen molar-refractivity contribution in [3.8, 4) is 11.4 Å². The highest BCUT2D eigenvalue weighted by Gasteiger charge is 2.23. The Labute approximate surface area is 175 Å². The smallest absolute Gasteiger partial charge is 0.168 e. The number of rotatable bonds is 5. The second kappa shape index (κ2) is 7.71. The number of nitrogen functional groups attached to an aromatic ring is 1. The van der Waals surface area contributed by atoms with Gasteiger partial charge < -0.3 is 10.6 Å². The molecule has 3 aromatic rings. The molecule has 2 N–H and O–H groups in total. The normalized spacial score (nSPS) is 14.9. The van der Waals surface area contributed by atoms with Crippen LogP contribution in [0.3, 0.4) is 0 Å². The van der Waals surface area contributed by atoms with Gasteiger partial charge in [-0.3, -0.25) is 4.79 Å². The summed E-state index contributed by atoms with van der Waals surface area (Å²) in [4.78, 5) is 28.8. The van der Waals surface area contributed by atoms with Crippen molar-refractivity contribution in [2.24, 2.45) is 0 Å². The first-order chi connectivity index (χ1) is 14.7. The van der Waals surface area contributed by atoms with Gasteiger partial charge in [0.05, 0.1) is 5.69 Å². The van der Waals surface area contributed by atoms with E-state index in [1.165, 1.54) is 24.6 Å². The Bertz CT molecular complexity index is 1130. The van der Waals surface area contributed by atoms with E-state index in [1.54, 1.807) is 12.1 Å². The van der Waals surface area contributed by atoms with Crippen molar-refractivity contribution in [1.82, 2.24) is 15.0 Å². The van der Waals surface area contributed by atoms with Gasteiger partial charge in [0.25, 0.3) is 0 Å². The highest BCUT2D eigenvalue weighted by molar-refractivity contribution is 5.97. The van der Waals surface area contributed by atoms with E-state index in [1.807, 2.05) is 24.3 Å². The van der Waals surface area contributed by atoms with Crippen LogP contribution in [0.4, 0.5) is 11.6 Å². The summed E-state index contributed by atoms with van der Waals surface area (Å²) in [6.07, 6.45) is 9.37. The zero-order valence-electron chi connectivity index (χ0n) is 16.7. The van der Waals surface area contributed by atoms with Crippen LogP contribution in [-0.2, 0) is 12.8 Å². The Kier molecular flexibility index (Phi) is 4.75. The molecule has 2 aromatic heterocycles. The molecule has 0 spiro atoms. The number of fused-ring (bicyclic) bond motifs is 1. The van der Waals surface area contributed by atoms with Crippen molar-refractivity contribution in [2.75, 3.05) is 23.7 Å². The van der Waals surface area contributed by atoms with Crippen LogP contribution in [0.2, 0.25) is 0 Å². The van der Waals surface area contributed by atoms with Crippen molar-refractivity contribution in [2.45, 2.75) is 25.7 Å². The average molecular weight is 397 g/mol. The number of allylic oxidation sites excluding steroid dienone is 1. The Balaban J connectivity index is 1.45. The lowest BCUT2D eigenvalue weighted by molar-refractivity contribution is 0.0992. The van der Waals surface area contributed by atoms with Crippen molar-refractivity contribution in [3.63, 3.8) is 0 Å². The van der Waals surface area contributed by atoms with Crippen LogP contribution in [0.1, 0.15) is 40.0 Å². The van der Waals surface area contributed by atoms with Crippen LogP contribution in [0, 0.1) is 0 Å². The summed E-state index contributed by atoms with van der Waals surface area (Å²) >= 11 is 0. The predicted octanol–water partition coefficient (Wildman–Crippen LogP) is 3.72. The molecule has 0 saturated carbocycles. The summed E-state index contributed by atoms with van der Waals surface area (Å²) in [5.41, 5.74) is 10.3. The van der Waals surface area contributed by atoms with Crippen molar-refractivity contribution < 1.29 is 4.79 Å². The summed E-state index contributed by atoms with van der Waals surface area (Å²) in [5.74, 6) is 2.19. The van der Waals surface area contributed by atoms with E-state index in [2.05, 4.69) is 22.0 Å². The minimum Gasteiger partial charge on any atom is -0.384 e. The summed E-state index contributed by atoms with van der Waals surface area (Å²) in [6.45, 7) is 2.10. The van der Waals surface area contributed by atoms with Crippen LogP contribution >= 0.6 is 0 Å². The molecule has 1 aliphatic carbocycles. The molecule has 6 nitrogen and oxygen atoms in total. The number of aromatic nitrogens is 3. The third-order valence-electron chi connectivity index (χ3n) is 5.68. The van der Waals surface area contributed by atoms with Gasteiger partial charge in [0.1, 0.15) is 11.6 Å². The van der Waals surface area contributed by atoms with Gasteiger partial charge in [0, 0.05) is 42.4 Å². The molecule has 0 atom stereocenters. The lowest BCUT2D eigenvalue weighted by Gasteiger charge is -2.20. The van der Waals surface area contributed by atoms with Crippen LogP contribution in [0.15, 0.2) is 48.7 Å². The lowest BCUT2D eigenvalue weighted by Crippen LogP contribution is -2.21. The maximum atomic E-state index is 12.6. The molecule has 0 radical (unpaired) electrons. The number of nitrogens with zero attached hydrogens (tertiary/aromatic N) is 4. The Morgan fingerprint density at radius 1 is 1.10 bits per heavy atom. The van der Waals surface area contributed by atoms with Crippen LogP contribution in [0.5, 0.6) is 0 Å². The standard InChI is InChI=1S/C24H23N5O/c25-22-10-9-18(15-26-22)21(30)14-16-5-3-6-17(13-16)23-27-20-8-4-7-19(20)24(28-23)29-11-1-2-12-29/h3-6,8-10,13,15H,1-2,7,11-12,14H2,(H2,25,26). The molecule has 1 saturated heterocycles. The molecule has 5 rings (SSSR count). The molecular formula is C24H23N5O. The van der Waals surface area contributed by atoms with E-state index in [9.17, 15) is 4.79 Å². The van der Waals surface area contributed by atoms with Crippen LogP contribution in [-0.4, -0.2) is 33.8 Å². The summed E-state index contributed by atoms with van der Waals surface area (Å²) in [5, 5.41) is 0. The van der Waals surface area contributed by atoms with E-state index in [0.717, 1.165) is 42.1 Å². The monoisotopic (exact) mass is 397 g/mol. The maximum Gasteiger partial charge on any atom is 0.168 e. The molecule has 0 amide bonds. The number of pyridine rings is 1. The van der Waals surface area contributed by atoms with E-state index >= 15 is 0 Å². The number of Topliss-reactive ketones (excluding diaryl/α,β-unsaturated/α-hetero) is 1. The first-order valence-corrected chi connectivity index (χ1v) is 10.3. The number of hydrogen-bond acceptors (Lipinski definition) is 6. The fourth-order valence-corrected chi connectivity index (χ4v) is 4.11. The Hall–Kier alpha value is -3.54. The first kappa shape index (κ1) is 18.5. The summed E-state index contributed by atoms with van der Waals surface area (Å²) < 4.78 is 0. The minimum absolute atomic E-state index is 0.00945. The summed E-state index contributed by atoms with van der Waals surface area (Å²) in [6, 6.07) is 11.3. The van der Waals surface area contributed by atoms with Crippen LogP contribution in [0.25, 0.3) is 17.5 Å². The molecular weight excluding hydrogens is 374 g/mol. The quantitative estimate of drug-likeness (QED) is 0.661. The lowest BCUT2D eigenvalue weighted by atomic mass is 10.0. The molecule has 30 heavy (non-hydrogen) atoms. The largest absolute Gasteiger partial charge is 0.384 e. The van der Waals surface area contributed by atoms with Crippen LogP contribution < -0.4 is 10.6 Å². The fourth-order valence-electron chi connectivity index (χ4n) is 4.11. The van der Waals surface area contributed by atoms with Gasteiger partial charge >= 0.3 is 0 Å². The number of nitrogens with two attached hydrogens (primary N) is 1. The molecule has 150 valence electrons. The average Bonchev–Trinajstić information content (AvgIpc) is 3.46. The number of carbonyl (C=O) groups is 1. The van der Waals surface area contributed by atoms with Crippen molar-refractivity contribution in [3.05, 3.63) is 71.1 Å². The molecule has 1 aromatic carbocycles. The fraction of sp³-hybridized carbons (Fsp3) is 0.250. The highest BCUT2D eigenvalue weighted by atomic mass is 16.1. The van der Waals surface area contributed by atoms with E-state index in [0.29, 0.717) is 23.6 Å². The molecule has 0 bridgehead atoms. The van der Waals surface area contributed by atoms with Crippen molar-refractivity contribution >= 4 is 23.5 Å². The number of anilines is 2. The van der Waals surface area contributed by atoms with Crippen molar-refractivity contribution in [1.29, 1.82) is 0 Å². The third-order valence-corrected chi connectivity index (χ3v) is 5.68. The number of benzene rings is 1. The number of ketones is 1. The second-order valence-corrected chi connectivity index (χ2v) is 7.81. The molecule has 6 heteroatoms. The van der Waals surface area contributed by atoms with E-state index < -0.39 is 0 Å². The molecule has 2 aliphatic rings. The SMILES string of the molecule is Nc1ccc(C(=O)Cc2cccc(-c3nc4c(c(N5CCCC5)n3)CC=C4)c2)cn1. The van der Waals surface area contributed by atoms with E-state index in [4.69, 9.17) is 15.7 Å². The van der Waals surface area contributed by atoms with Gasteiger partial charge in [-0.1, -0.05) is 24.3 Å². The van der Waals surface area contributed by atoms with Gasteiger partial charge in [0.2, 0.25) is 0 Å².